The summed E-state index contributed by atoms with van der Waals surface area (Å²) < 4.78 is 5.85. The molecule has 2 aliphatic heterocycles. The highest BCUT2D eigenvalue weighted by molar-refractivity contribution is 8.26. The maximum absolute atomic E-state index is 12.9. The molecule has 0 aliphatic carbocycles. The first kappa shape index (κ1) is 21.6. The van der Waals surface area contributed by atoms with Crippen LogP contribution in [0.25, 0.3) is 6.08 Å². The summed E-state index contributed by atoms with van der Waals surface area (Å²) >= 11 is 6.68. The number of nitrogens with zero attached hydrogens (tertiary/aromatic N) is 2. The van der Waals surface area contributed by atoms with E-state index in [0.717, 1.165) is 25.1 Å². The van der Waals surface area contributed by atoms with E-state index in [1.165, 1.54) is 22.2 Å². The van der Waals surface area contributed by atoms with Gasteiger partial charge in [0.25, 0.3) is 5.91 Å². The van der Waals surface area contributed by atoms with Crippen LogP contribution in [0.15, 0.2) is 59.5 Å². The van der Waals surface area contributed by atoms with Crippen LogP contribution >= 0.6 is 24.0 Å². The molecule has 2 saturated heterocycles. The number of hydrogen-bond donors (Lipinski definition) is 0. The zero-order valence-corrected chi connectivity index (χ0v) is 19.0. The number of thioether (sulfide) groups is 1. The van der Waals surface area contributed by atoms with Crippen LogP contribution in [0.4, 0.5) is 0 Å². The molecule has 2 heterocycles. The van der Waals surface area contributed by atoms with Crippen molar-refractivity contribution >= 4 is 46.2 Å². The molecule has 0 radical (unpaired) electrons. The van der Waals surface area contributed by atoms with E-state index in [9.17, 15) is 9.59 Å². The van der Waals surface area contributed by atoms with Crippen LogP contribution in [0.5, 0.6) is 5.75 Å². The molecule has 2 aromatic rings. The van der Waals surface area contributed by atoms with Gasteiger partial charge in [-0.2, -0.15) is 0 Å². The molecule has 1 atom stereocenters. The largest absolute Gasteiger partial charge is 0.496 e. The number of para-hydroxylation sites is 1. The number of ether oxygens (including phenoxy) is 1. The normalized spacial score (nSPS) is 20.0. The third kappa shape index (κ3) is 4.83. The summed E-state index contributed by atoms with van der Waals surface area (Å²) in [7, 11) is 1.60. The lowest BCUT2D eigenvalue weighted by Crippen LogP contribution is -2.35. The van der Waals surface area contributed by atoms with Gasteiger partial charge in [-0.1, -0.05) is 72.5 Å². The molecule has 0 N–H and O–H groups in total. The molecule has 2 amide bonds. The highest BCUT2D eigenvalue weighted by atomic mass is 32.2. The Morgan fingerprint density at radius 1 is 1.19 bits per heavy atom. The van der Waals surface area contributed by atoms with Gasteiger partial charge in [-0.15, -0.1) is 0 Å². The quantitative estimate of drug-likeness (QED) is 0.483. The molecule has 7 heteroatoms. The van der Waals surface area contributed by atoms with Crippen molar-refractivity contribution in [2.45, 2.75) is 18.8 Å². The van der Waals surface area contributed by atoms with Gasteiger partial charge in [0.05, 0.1) is 12.0 Å². The molecular weight excluding hydrogens is 428 g/mol. The van der Waals surface area contributed by atoms with Gasteiger partial charge in [-0.3, -0.25) is 14.5 Å². The number of benzene rings is 2. The third-order valence-electron chi connectivity index (χ3n) is 5.66. The van der Waals surface area contributed by atoms with Gasteiger partial charge in [-0.25, -0.2) is 0 Å². The first-order valence-corrected chi connectivity index (χ1v) is 11.5. The number of methoxy groups -OCH3 is 1. The first-order chi connectivity index (χ1) is 15.1. The maximum atomic E-state index is 12.9. The minimum absolute atomic E-state index is 0.0705. The number of hydrogen-bond acceptors (Lipinski definition) is 5. The smallest absolute Gasteiger partial charge is 0.266 e. The monoisotopic (exact) mass is 452 g/mol. The van der Waals surface area contributed by atoms with Crippen LogP contribution < -0.4 is 4.74 Å². The van der Waals surface area contributed by atoms with E-state index in [4.69, 9.17) is 17.0 Å². The van der Waals surface area contributed by atoms with Gasteiger partial charge in [0.15, 0.2) is 0 Å². The average molecular weight is 453 g/mol. The van der Waals surface area contributed by atoms with E-state index in [1.54, 1.807) is 13.2 Å². The van der Waals surface area contributed by atoms with Crippen LogP contribution in [-0.4, -0.2) is 52.7 Å². The van der Waals surface area contributed by atoms with E-state index < -0.39 is 0 Å². The molecule has 0 aromatic heterocycles. The number of likely N-dealkylation sites (tertiary alicyclic amines) is 1. The van der Waals surface area contributed by atoms with Crippen molar-refractivity contribution in [3.8, 4) is 5.75 Å². The summed E-state index contributed by atoms with van der Waals surface area (Å²) in [6.45, 7) is 1.79. The zero-order chi connectivity index (χ0) is 21.8. The fourth-order valence-corrected chi connectivity index (χ4v) is 5.27. The van der Waals surface area contributed by atoms with Crippen LogP contribution in [-0.2, 0) is 9.59 Å². The minimum atomic E-state index is -0.155. The van der Waals surface area contributed by atoms with Gasteiger partial charge in [0.1, 0.15) is 10.1 Å². The highest BCUT2D eigenvalue weighted by Gasteiger charge is 2.33. The van der Waals surface area contributed by atoms with Gasteiger partial charge >= 0.3 is 0 Å². The molecule has 0 bridgehead atoms. The van der Waals surface area contributed by atoms with E-state index in [2.05, 4.69) is 12.1 Å². The van der Waals surface area contributed by atoms with E-state index in [1.807, 2.05) is 47.4 Å². The zero-order valence-electron chi connectivity index (χ0n) is 17.3. The number of carbonyl (C=O) groups is 2. The molecule has 4 rings (SSSR count). The summed E-state index contributed by atoms with van der Waals surface area (Å²) in [6.07, 6.45) is 3.04. The Morgan fingerprint density at radius 2 is 1.94 bits per heavy atom. The Labute approximate surface area is 192 Å². The Hall–Kier alpha value is -2.64. The van der Waals surface area contributed by atoms with Crippen molar-refractivity contribution in [2.75, 3.05) is 26.7 Å². The van der Waals surface area contributed by atoms with Gasteiger partial charge in [0, 0.05) is 37.5 Å². The second-order valence-electron chi connectivity index (χ2n) is 7.56. The molecule has 0 unspecified atom stereocenters. The number of thiocarbonyl (C=S) groups is 1. The SMILES string of the molecule is COc1ccccc1/C=C1\SC(=S)N(CCC(=O)N2CC[C@@H](c3ccccc3)C2)C1=O. The van der Waals surface area contributed by atoms with Crippen molar-refractivity contribution in [3.05, 3.63) is 70.6 Å². The number of carbonyl (C=O) groups excluding carboxylic acids is 2. The number of amides is 2. The predicted molar refractivity (Wildman–Crippen MR) is 128 cm³/mol. The van der Waals surface area contributed by atoms with Crippen molar-refractivity contribution in [1.82, 2.24) is 9.80 Å². The van der Waals surface area contributed by atoms with E-state index >= 15 is 0 Å². The molecule has 5 nitrogen and oxygen atoms in total. The molecule has 31 heavy (non-hydrogen) atoms. The standard InChI is InChI=1S/C24H24N2O3S2/c1-29-20-10-6-5-9-18(20)15-21-23(28)26(24(30)31-21)14-12-22(27)25-13-11-19(16-25)17-7-3-2-4-8-17/h2-10,15,19H,11-14,16H2,1H3/b21-15-/t19-/m1/s1. The van der Waals surface area contributed by atoms with Crippen LogP contribution in [0, 0.1) is 0 Å². The van der Waals surface area contributed by atoms with Gasteiger partial charge < -0.3 is 9.64 Å². The lowest BCUT2D eigenvalue weighted by Gasteiger charge is -2.19. The summed E-state index contributed by atoms with van der Waals surface area (Å²) in [5.74, 6) is 0.994. The molecule has 2 aliphatic rings. The summed E-state index contributed by atoms with van der Waals surface area (Å²) in [6, 6.07) is 17.8. The Morgan fingerprint density at radius 3 is 2.71 bits per heavy atom. The second-order valence-corrected chi connectivity index (χ2v) is 9.24. The summed E-state index contributed by atoms with van der Waals surface area (Å²) in [4.78, 5) is 29.6. The summed E-state index contributed by atoms with van der Waals surface area (Å²) in [5, 5.41) is 0. The lowest BCUT2D eigenvalue weighted by atomic mass is 9.99. The molecule has 0 spiro atoms. The van der Waals surface area contributed by atoms with Crippen molar-refractivity contribution < 1.29 is 14.3 Å². The topological polar surface area (TPSA) is 49.9 Å². The van der Waals surface area contributed by atoms with Crippen molar-refractivity contribution in [3.63, 3.8) is 0 Å². The predicted octanol–water partition coefficient (Wildman–Crippen LogP) is 4.30. The van der Waals surface area contributed by atoms with Gasteiger partial charge in [0.2, 0.25) is 5.91 Å². The first-order valence-electron chi connectivity index (χ1n) is 10.3. The molecule has 2 aromatic carbocycles. The van der Waals surface area contributed by atoms with Crippen LogP contribution in [0.1, 0.15) is 29.9 Å². The second kappa shape index (κ2) is 9.66. The lowest BCUT2D eigenvalue weighted by molar-refractivity contribution is -0.130. The molecule has 160 valence electrons. The Balaban J connectivity index is 1.35. The summed E-state index contributed by atoms with van der Waals surface area (Å²) in [5.41, 5.74) is 2.10. The van der Waals surface area contributed by atoms with Crippen molar-refractivity contribution in [2.24, 2.45) is 0 Å². The van der Waals surface area contributed by atoms with Gasteiger partial charge in [-0.05, 0) is 24.1 Å². The Bertz CT molecular complexity index is 1020. The number of rotatable bonds is 6. The molecular formula is C24H24N2O3S2. The van der Waals surface area contributed by atoms with E-state index in [-0.39, 0.29) is 18.2 Å². The third-order valence-corrected chi connectivity index (χ3v) is 7.04. The maximum Gasteiger partial charge on any atom is 0.266 e. The molecule has 2 fully saturated rings. The fourth-order valence-electron chi connectivity index (χ4n) is 3.97. The van der Waals surface area contributed by atoms with Crippen molar-refractivity contribution in [1.29, 1.82) is 0 Å². The average Bonchev–Trinajstić information content (AvgIpc) is 3.39. The van der Waals surface area contributed by atoms with Crippen LogP contribution in [0.2, 0.25) is 0 Å². The minimum Gasteiger partial charge on any atom is -0.496 e. The van der Waals surface area contributed by atoms with E-state index in [0.29, 0.717) is 27.4 Å². The molecule has 0 saturated carbocycles. The Kier molecular flexibility index (Phi) is 6.73. The highest BCUT2D eigenvalue weighted by Crippen LogP contribution is 2.34. The van der Waals surface area contributed by atoms with Crippen LogP contribution in [0.3, 0.4) is 0 Å². The fraction of sp³-hybridized carbons (Fsp3) is 0.292.